The number of aliphatic hydroxyl groups is 1. The normalized spacial score (nSPS) is 17.6. The zero-order valence-electron chi connectivity index (χ0n) is 8.74. The Hall–Kier alpha value is -1.13. The van der Waals surface area contributed by atoms with Gasteiger partial charge in [-0.05, 0) is 25.3 Å². The summed E-state index contributed by atoms with van der Waals surface area (Å²) in [5, 5.41) is 12.4. The number of carbonyl (C=O) groups is 1. The van der Waals surface area contributed by atoms with Gasteiger partial charge in [-0.1, -0.05) is 11.6 Å². The standard InChI is InChI=1S/C11H13ClN2O2/c12-9-6-13-5-2-8(9)10(16)14-11(7-15)3-1-4-11/h2,5-6,15H,1,3-4,7H2,(H,14,16). The molecule has 5 heteroatoms. The number of hydrogen-bond donors (Lipinski definition) is 2. The fourth-order valence-electron chi connectivity index (χ4n) is 1.79. The molecule has 0 spiro atoms. The second kappa shape index (κ2) is 4.39. The first-order valence-electron chi connectivity index (χ1n) is 5.20. The summed E-state index contributed by atoms with van der Waals surface area (Å²) < 4.78 is 0. The first kappa shape index (κ1) is 11.4. The van der Waals surface area contributed by atoms with E-state index in [1.807, 2.05) is 0 Å². The molecule has 1 aliphatic rings. The number of hydrogen-bond acceptors (Lipinski definition) is 3. The maximum absolute atomic E-state index is 11.9. The van der Waals surface area contributed by atoms with E-state index >= 15 is 0 Å². The van der Waals surface area contributed by atoms with Crippen LogP contribution in [0.25, 0.3) is 0 Å². The number of nitrogens with zero attached hydrogens (tertiary/aromatic N) is 1. The van der Waals surface area contributed by atoms with Crippen LogP contribution in [-0.4, -0.2) is 28.1 Å². The van der Waals surface area contributed by atoms with Crippen LogP contribution in [0.1, 0.15) is 29.6 Å². The summed E-state index contributed by atoms with van der Waals surface area (Å²) in [6.07, 6.45) is 5.62. The van der Waals surface area contributed by atoms with Crippen molar-refractivity contribution in [1.29, 1.82) is 0 Å². The number of aromatic nitrogens is 1. The minimum Gasteiger partial charge on any atom is -0.394 e. The molecule has 0 atom stereocenters. The molecule has 4 nitrogen and oxygen atoms in total. The Morgan fingerprint density at radius 1 is 1.62 bits per heavy atom. The fraction of sp³-hybridized carbons (Fsp3) is 0.455. The Morgan fingerprint density at radius 2 is 2.38 bits per heavy atom. The number of pyridine rings is 1. The number of aliphatic hydroxyl groups excluding tert-OH is 1. The van der Waals surface area contributed by atoms with Crippen molar-refractivity contribution in [2.45, 2.75) is 24.8 Å². The van der Waals surface area contributed by atoms with Crippen molar-refractivity contribution >= 4 is 17.5 Å². The van der Waals surface area contributed by atoms with Crippen molar-refractivity contribution in [3.05, 3.63) is 29.0 Å². The van der Waals surface area contributed by atoms with Gasteiger partial charge in [0.05, 0.1) is 22.7 Å². The van der Waals surface area contributed by atoms with E-state index in [2.05, 4.69) is 10.3 Å². The van der Waals surface area contributed by atoms with Crippen molar-refractivity contribution in [2.24, 2.45) is 0 Å². The minimum absolute atomic E-state index is 0.0263. The van der Waals surface area contributed by atoms with E-state index < -0.39 is 5.54 Å². The van der Waals surface area contributed by atoms with Gasteiger partial charge in [0.25, 0.3) is 5.91 Å². The smallest absolute Gasteiger partial charge is 0.253 e. The molecule has 1 saturated carbocycles. The highest BCUT2D eigenvalue weighted by Gasteiger charge is 2.38. The molecule has 1 heterocycles. The summed E-state index contributed by atoms with van der Waals surface area (Å²) in [5.41, 5.74) is -0.0414. The third-order valence-electron chi connectivity index (χ3n) is 3.01. The third-order valence-corrected chi connectivity index (χ3v) is 3.31. The molecule has 1 aliphatic carbocycles. The molecule has 0 aliphatic heterocycles. The van der Waals surface area contributed by atoms with Gasteiger partial charge >= 0.3 is 0 Å². The van der Waals surface area contributed by atoms with Gasteiger partial charge in [0.1, 0.15) is 0 Å². The average molecular weight is 241 g/mol. The van der Waals surface area contributed by atoms with E-state index in [-0.39, 0.29) is 12.5 Å². The van der Waals surface area contributed by atoms with Gasteiger partial charge in [-0.3, -0.25) is 9.78 Å². The molecule has 2 rings (SSSR count). The molecule has 0 radical (unpaired) electrons. The summed E-state index contributed by atoms with van der Waals surface area (Å²) in [6, 6.07) is 1.57. The largest absolute Gasteiger partial charge is 0.394 e. The van der Waals surface area contributed by atoms with Gasteiger partial charge in [0, 0.05) is 12.4 Å². The summed E-state index contributed by atoms with van der Waals surface area (Å²) in [4.78, 5) is 15.7. The molecule has 1 amide bonds. The van der Waals surface area contributed by atoms with E-state index in [0.29, 0.717) is 10.6 Å². The highest BCUT2D eigenvalue weighted by Crippen LogP contribution is 2.31. The van der Waals surface area contributed by atoms with Crippen LogP contribution in [0.2, 0.25) is 5.02 Å². The number of rotatable bonds is 3. The van der Waals surface area contributed by atoms with Crippen LogP contribution < -0.4 is 5.32 Å². The summed E-state index contributed by atoms with van der Waals surface area (Å²) in [5.74, 6) is -0.249. The molecule has 0 saturated heterocycles. The molecule has 2 N–H and O–H groups in total. The quantitative estimate of drug-likeness (QED) is 0.839. The number of carbonyl (C=O) groups excluding carboxylic acids is 1. The molecular formula is C11H13ClN2O2. The van der Waals surface area contributed by atoms with Crippen LogP contribution in [0.3, 0.4) is 0 Å². The molecule has 0 bridgehead atoms. The highest BCUT2D eigenvalue weighted by atomic mass is 35.5. The summed E-state index contributed by atoms with van der Waals surface area (Å²) >= 11 is 5.87. The minimum atomic E-state index is -0.441. The van der Waals surface area contributed by atoms with Crippen LogP contribution in [0, 0.1) is 0 Å². The van der Waals surface area contributed by atoms with Crippen LogP contribution in [0.4, 0.5) is 0 Å². The fourth-order valence-corrected chi connectivity index (χ4v) is 2.00. The lowest BCUT2D eigenvalue weighted by atomic mass is 9.77. The molecule has 1 aromatic rings. The molecule has 0 aromatic carbocycles. The summed E-state index contributed by atoms with van der Waals surface area (Å²) in [7, 11) is 0. The average Bonchev–Trinajstić information content (AvgIpc) is 2.24. The number of halogens is 1. The lowest BCUT2D eigenvalue weighted by Gasteiger charge is -2.40. The molecule has 1 aromatic heterocycles. The second-order valence-corrected chi connectivity index (χ2v) is 4.51. The van der Waals surface area contributed by atoms with Crippen molar-refractivity contribution in [3.63, 3.8) is 0 Å². The zero-order valence-corrected chi connectivity index (χ0v) is 9.50. The van der Waals surface area contributed by atoms with E-state index in [4.69, 9.17) is 11.6 Å². The first-order chi connectivity index (χ1) is 7.67. The van der Waals surface area contributed by atoms with Gasteiger partial charge in [0.2, 0.25) is 0 Å². The Bertz CT molecular complexity index is 399. The zero-order chi connectivity index (χ0) is 11.6. The van der Waals surface area contributed by atoms with Crippen LogP contribution in [0.5, 0.6) is 0 Å². The van der Waals surface area contributed by atoms with Crippen molar-refractivity contribution in [3.8, 4) is 0 Å². The third kappa shape index (κ3) is 2.03. The molecular weight excluding hydrogens is 228 g/mol. The lowest BCUT2D eigenvalue weighted by molar-refractivity contribution is 0.0641. The predicted molar refractivity (Wildman–Crippen MR) is 60.4 cm³/mol. The topological polar surface area (TPSA) is 62.2 Å². The highest BCUT2D eigenvalue weighted by molar-refractivity contribution is 6.33. The first-order valence-corrected chi connectivity index (χ1v) is 5.58. The SMILES string of the molecule is O=C(NC1(CO)CCC1)c1ccncc1Cl. The van der Waals surface area contributed by atoms with Gasteiger partial charge < -0.3 is 10.4 Å². The van der Waals surface area contributed by atoms with E-state index in [1.165, 1.54) is 12.4 Å². The van der Waals surface area contributed by atoms with Crippen molar-refractivity contribution < 1.29 is 9.90 Å². The Kier molecular flexibility index (Phi) is 3.12. The Morgan fingerprint density at radius 3 is 2.88 bits per heavy atom. The second-order valence-electron chi connectivity index (χ2n) is 4.10. The molecule has 86 valence electrons. The van der Waals surface area contributed by atoms with E-state index in [0.717, 1.165) is 19.3 Å². The maximum Gasteiger partial charge on any atom is 0.253 e. The van der Waals surface area contributed by atoms with E-state index in [1.54, 1.807) is 6.07 Å². The summed E-state index contributed by atoms with van der Waals surface area (Å²) in [6.45, 7) is -0.0263. The number of amides is 1. The van der Waals surface area contributed by atoms with Gasteiger partial charge in [-0.2, -0.15) is 0 Å². The lowest BCUT2D eigenvalue weighted by Crippen LogP contribution is -2.56. The Balaban J connectivity index is 2.11. The van der Waals surface area contributed by atoms with Crippen molar-refractivity contribution in [1.82, 2.24) is 10.3 Å². The molecule has 0 unspecified atom stereocenters. The van der Waals surface area contributed by atoms with Crippen molar-refractivity contribution in [2.75, 3.05) is 6.61 Å². The maximum atomic E-state index is 11.9. The van der Waals surface area contributed by atoms with Crippen LogP contribution >= 0.6 is 11.6 Å². The van der Waals surface area contributed by atoms with Crippen LogP contribution in [0.15, 0.2) is 18.5 Å². The number of nitrogens with one attached hydrogen (secondary N) is 1. The van der Waals surface area contributed by atoms with Gasteiger partial charge in [0.15, 0.2) is 0 Å². The van der Waals surface area contributed by atoms with Gasteiger partial charge in [-0.25, -0.2) is 0 Å². The predicted octanol–water partition coefficient (Wildman–Crippen LogP) is 1.38. The monoisotopic (exact) mass is 240 g/mol. The Labute approximate surface area is 98.6 Å². The van der Waals surface area contributed by atoms with E-state index in [9.17, 15) is 9.90 Å². The van der Waals surface area contributed by atoms with Gasteiger partial charge in [-0.15, -0.1) is 0 Å². The molecule has 16 heavy (non-hydrogen) atoms. The molecule has 1 fully saturated rings. The van der Waals surface area contributed by atoms with Crippen LogP contribution in [-0.2, 0) is 0 Å².